The summed E-state index contributed by atoms with van der Waals surface area (Å²) in [6.07, 6.45) is 5.33. The Bertz CT molecular complexity index is 378. The average molecular weight is 189 g/mol. The molecule has 3 N–H and O–H groups in total. The van der Waals surface area contributed by atoms with E-state index in [0.29, 0.717) is 5.75 Å². The summed E-state index contributed by atoms with van der Waals surface area (Å²) in [6.45, 7) is 3.83. The van der Waals surface area contributed by atoms with Crippen LogP contribution in [0.1, 0.15) is 18.1 Å². The van der Waals surface area contributed by atoms with Crippen LogP contribution in [0.2, 0.25) is 0 Å². The first-order valence-electron chi connectivity index (χ1n) is 4.53. The van der Waals surface area contributed by atoms with Crippen molar-refractivity contribution in [3.8, 4) is 5.75 Å². The fourth-order valence-electron chi connectivity index (χ4n) is 1.30. The number of hydrogen-bond acceptors (Lipinski definition) is 2. The molecule has 1 aromatic carbocycles. The fourth-order valence-corrected chi connectivity index (χ4v) is 1.30. The van der Waals surface area contributed by atoms with Gasteiger partial charge in [-0.15, -0.1) is 0 Å². The lowest BCUT2D eigenvalue weighted by atomic mass is 10.0. The number of allylic oxidation sites excluding steroid dienone is 3. The zero-order valence-corrected chi connectivity index (χ0v) is 8.49. The second-order valence-electron chi connectivity index (χ2n) is 3.10. The van der Waals surface area contributed by atoms with Crippen LogP contribution < -0.4 is 5.73 Å². The molecule has 0 bridgehead atoms. The van der Waals surface area contributed by atoms with Crippen LogP contribution >= 0.6 is 0 Å². The van der Waals surface area contributed by atoms with Crippen LogP contribution in [-0.4, -0.2) is 5.11 Å². The lowest BCUT2D eigenvalue weighted by Gasteiger charge is -2.04. The van der Waals surface area contributed by atoms with E-state index in [4.69, 9.17) is 5.73 Å². The van der Waals surface area contributed by atoms with Crippen LogP contribution in [-0.2, 0) is 0 Å². The zero-order valence-electron chi connectivity index (χ0n) is 8.49. The molecular formula is C12H15NO. The molecule has 0 radical (unpaired) electrons. The molecular weight excluding hydrogens is 174 g/mol. The molecule has 0 aliphatic rings. The Morgan fingerprint density at radius 3 is 2.64 bits per heavy atom. The normalized spacial score (nSPS) is 12.3. The van der Waals surface area contributed by atoms with Gasteiger partial charge in [0.25, 0.3) is 0 Å². The summed E-state index contributed by atoms with van der Waals surface area (Å²) in [5, 5.41) is 9.37. The molecule has 2 heteroatoms. The molecule has 1 aromatic rings. The number of aryl methyl sites for hydroxylation is 1. The monoisotopic (exact) mass is 189 g/mol. The molecule has 0 saturated heterocycles. The quantitative estimate of drug-likeness (QED) is 0.702. The van der Waals surface area contributed by atoms with Gasteiger partial charge in [-0.1, -0.05) is 12.1 Å². The van der Waals surface area contributed by atoms with Crippen LogP contribution in [0.5, 0.6) is 5.75 Å². The predicted octanol–water partition coefficient (Wildman–Crippen LogP) is 2.58. The molecule has 0 spiro atoms. The summed E-state index contributed by atoms with van der Waals surface area (Å²) in [4.78, 5) is 0. The van der Waals surface area contributed by atoms with Gasteiger partial charge in [-0.3, -0.25) is 0 Å². The summed E-state index contributed by atoms with van der Waals surface area (Å²) in [6, 6.07) is 5.50. The highest BCUT2D eigenvalue weighted by molar-refractivity contribution is 5.74. The van der Waals surface area contributed by atoms with Crippen molar-refractivity contribution in [2.75, 3.05) is 0 Å². The van der Waals surface area contributed by atoms with Gasteiger partial charge in [0.2, 0.25) is 0 Å². The molecule has 0 unspecified atom stereocenters. The number of rotatable bonds is 2. The van der Waals surface area contributed by atoms with E-state index in [2.05, 4.69) is 0 Å². The predicted molar refractivity (Wildman–Crippen MR) is 59.8 cm³/mol. The second kappa shape index (κ2) is 4.51. The molecule has 0 fully saturated rings. The molecule has 0 amide bonds. The van der Waals surface area contributed by atoms with E-state index in [9.17, 15) is 5.11 Å². The van der Waals surface area contributed by atoms with Crippen molar-refractivity contribution < 1.29 is 5.11 Å². The maximum atomic E-state index is 9.37. The molecule has 0 aliphatic heterocycles. The summed E-state index contributed by atoms with van der Waals surface area (Å²) in [5.74, 6) is 0.320. The molecule has 0 aromatic heterocycles. The molecule has 0 saturated carbocycles. The van der Waals surface area contributed by atoms with Crippen LogP contribution in [0, 0.1) is 6.92 Å². The Hall–Kier alpha value is -1.70. The summed E-state index contributed by atoms with van der Waals surface area (Å²) in [7, 11) is 0. The van der Waals surface area contributed by atoms with Crippen molar-refractivity contribution >= 4 is 5.57 Å². The number of aromatic hydroxyl groups is 1. The van der Waals surface area contributed by atoms with E-state index < -0.39 is 0 Å². The minimum Gasteiger partial charge on any atom is -0.508 e. The first-order chi connectivity index (χ1) is 6.69. The average Bonchev–Trinajstić information content (AvgIpc) is 2.19. The molecule has 0 heterocycles. The standard InChI is InChI=1S/C12H15NO/c1-3-10(6-7-13)11-4-5-12(14)9(2)8-11/h3-8,14H,13H2,1-2H3/b7-6-,10-3+. The van der Waals surface area contributed by atoms with Gasteiger partial charge in [-0.25, -0.2) is 0 Å². The van der Waals surface area contributed by atoms with Gasteiger partial charge in [0.1, 0.15) is 5.75 Å². The highest BCUT2D eigenvalue weighted by Gasteiger charge is 2.00. The van der Waals surface area contributed by atoms with Crippen molar-refractivity contribution in [3.63, 3.8) is 0 Å². The van der Waals surface area contributed by atoms with Crippen LogP contribution in [0.25, 0.3) is 5.57 Å². The van der Waals surface area contributed by atoms with E-state index in [1.165, 1.54) is 6.20 Å². The third-order valence-electron chi connectivity index (χ3n) is 2.12. The molecule has 0 atom stereocenters. The van der Waals surface area contributed by atoms with E-state index in [1.807, 2.05) is 38.1 Å². The fraction of sp³-hybridized carbons (Fsp3) is 0.167. The molecule has 1 rings (SSSR count). The lowest BCUT2D eigenvalue weighted by molar-refractivity contribution is 0.471. The summed E-state index contributed by atoms with van der Waals surface area (Å²) in [5.41, 5.74) is 8.32. The van der Waals surface area contributed by atoms with Crippen LogP contribution in [0.4, 0.5) is 0 Å². The number of benzene rings is 1. The van der Waals surface area contributed by atoms with Gasteiger partial charge in [0.15, 0.2) is 0 Å². The van der Waals surface area contributed by atoms with E-state index in [0.717, 1.165) is 16.7 Å². The number of nitrogens with two attached hydrogens (primary N) is 1. The molecule has 2 nitrogen and oxygen atoms in total. The minimum atomic E-state index is 0.320. The first kappa shape index (κ1) is 10.4. The third kappa shape index (κ3) is 2.16. The van der Waals surface area contributed by atoms with Crippen molar-refractivity contribution in [1.82, 2.24) is 0 Å². The Morgan fingerprint density at radius 1 is 1.43 bits per heavy atom. The Morgan fingerprint density at radius 2 is 2.14 bits per heavy atom. The van der Waals surface area contributed by atoms with Gasteiger partial charge < -0.3 is 10.8 Å². The summed E-state index contributed by atoms with van der Waals surface area (Å²) >= 11 is 0. The highest BCUT2D eigenvalue weighted by atomic mass is 16.3. The number of phenols is 1. The number of hydrogen-bond donors (Lipinski definition) is 2. The SMILES string of the molecule is C/C=C(\C=C/N)c1ccc(O)c(C)c1. The van der Waals surface area contributed by atoms with Gasteiger partial charge in [0.05, 0.1) is 0 Å². The topological polar surface area (TPSA) is 46.2 Å². The van der Waals surface area contributed by atoms with E-state index in [1.54, 1.807) is 6.07 Å². The van der Waals surface area contributed by atoms with Gasteiger partial charge in [-0.05, 0) is 55.0 Å². The smallest absolute Gasteiger partial charge is 0.118 e. The van der Waals surface area contributed by atoms with E-state index in [-0.39, 0.29) is 0 Å². The van der Waals surface area contributed by atoms with Crippen molar-refractivity contribution in [3.05, 3.63) is 47.7 Å². The third-order valence-corrected chi connectivity index (χ3v) is 2.12. The molecule has 14 heavy (non-hydrogen) atoms. The van der Waals surface area contributed by atoms with E-state index >= 15 is 0 Å². The largest absolute Gasteiger partial charge is 0.508 e. The lowest BCUT2D eigenvalue weighted by Crippen LogP contribution is -1.85. The van der Waals surface area contributed by atoms with Crippen LogP contribution in [0.3, 0.4) is 0 Å². The maximum absolute atomic E-state index is 9.37. The minimum absolute atomic E-state index is 0.320. The van der Waals surface area contributed by atoms with Crippen molar-refractivity contribution in [2.45, 2.75) is 13.8 Å². The van der Waals surface area contributed by atoms with Gasteiger partial charge >= 0.3 is 0 Å². The molecule has 74 valence electrons. The highest BCUT2D eigenvalue weighted by Crippen LogP contribution is 2.22. The van der Waals surface area contributed by atoms with Gasteiger partial charge in [-0.2, -0.15) is 0 Å². The zero-order chi connectivity index (χ0) is 10.6. The Kier molecular flexibility index (Phi) is 3.35. The summed E-state index contributed by atoms with van der Waals surface area (Å²) < 4.78 is 0. The van der Waals surface area contributed by atoms with Gasteiger partial charge in [0, 0.05) is 0 Å². The van der Waals surface area contributed by atoms with Crippen molar-refractivity contribution in [1.29, 1.82) is 0 Å². The molecule has 0 aliphatic carbocycles. The van der Waals surface area contributed by atoms with Crippen molar-refractivity contribution in [2.24, 2.45) is 5.73 Å². The number of phenolic OH excluding ortho intramolecular Hbond substituents is 1. The second-order valence-corrected chi connectivity index (χ2v) is 3.10. The van der Waals surface area contributed by atoms with Crippen LogP contribution in [0.15, 0.2) is 36.6 Å². The first-order valence-corrected chi connectivity index (χ1v) is 4.53. The Labute approximate surface area is 84.4 Å². The Balaban J connectivity index is 3.13. The maximum Gasteiger partial charge on any atom is 0.118 e.